The van der Waals surface area contributed by atoms with Gasteiger partial charge in [0.2, 0.25) is 5.91 Å². The van der Waals surface area contributed by atoms with Gasteiger partial charge in [-0.15, -0.1) is 12.4 Å². The van der Waals surface area contributed by atoms with Crippen LogP contribution in [0.1, 0.15) is 75.0 Å². The normalized spacial score (nSPS) is 34.9. The summed E-state index contributed by atoms with van der Waals surface area (Å²) in [5.74, 6) is 1.84. The zero-order chi connectivity index (χ0) is 17.7. The quantitative estimate of drug-likeness (QED) is 0.820. The number of amides is 1. The number of hydrogen-bond donors (Lipinski definition) is 1. The molecule has 4 aliphatic rings. The SMILES string of the molecule is Cl.NC1C2CCCC1CC(C(=O)N(C1CC1)C1CCCc3ccccc31)C2. The van der Waals surface area contributed by atoms with E-state index in [0.717, 1.165) is 19.3 Å². The molecule has 1 aromatic carbocycles. The van der Waals surface area contributed by atoms with E-state index in [1.54, 1.807) is 0 Å². The minimum absolute atomic E-state index is 0. The van der Waals surface area contributed by atoms with Gasteiger partial charge in [0.1, 0.15) is 0 Å². The predicted molar refractivity (Wildman–Crippen MR) is 111 cm³/mol. The molecule has 3 fully saturated rings. The van der Waals surface area contributed by atoms with Gasteiger partial charge in [-0.2, -0.15) is 0 Å². The molecule has 3 nitrogen and oxygen atoms in total. The van der Waals surface area contributed by atoms with Crippen molar-refractivity contribution in [1.29, 1.82) is 0 Å². The van der Waals surface area contributed by atoms with E-state index in [4.69, 9.17) is 5.73 Å². The molecule has 2 bridgehead atoms. The molecule has 27 heavy (non-hydrogen) atoms. The lowest BCUT2D eigenvalue weighted by Gasteiger charge is -2.46. The summed E-state index contributed by atoms with van der Waals surface area (Å²) < 4.78 is 0. The number of hydrogen-bond acceptors (Lipinski definition) is 2. The van der Waals surface area contributed by atoms with Gasteiger partial charge in [-0.1, -0.05) is 30.7 Å². The van der Waals surface area contributed by atoms with Gasteiger partial charge in [-0.25, -0.2) is 0 Å². The fourth-order valence-electron chi connectivity index (χ4n) is 6.16. The van der Waals surface area contributed by atoms with Gasteiger partial charge < -0.3 is 10.6 Å². The van der Waals surface area contributed by atoms with Gasteiger partial charge >= 0.3 is 0 Å². The van der Waals surface area contributed by atoms with Gasteiger partial charge in [0.15, 0.2) is 0 Å². The van der Waals surface area contributed by atoms with Crippen LogP contribution in [0.4, 0.5) is 0 Å². The number of nitrogens with two attached hydrogens (primary N) is 1. The van der Waals surface area contributed by atoms with Crippen LogP contribution in [0.25, 0.3) is 0 Å². The molecule has 2 N–H and O–H groups in total. The van der Waals surface area contributed by atoms with Gasteiger partial charge in [-0.05, 0) is 80.8 Å². The first-order valence-electron chi connectivity index (χ1n) is 10.9. The summed E-state index contributed by atoms with van der Waals surface area (Å²) in [5, 5.41) is 0. The molecular weight excluding hydrogens is 356 g/mol. The average Bonchev–Trinajstić information content (AvgIpc) is 3.47. The third kappa shape index (κ3) is 3.53. The molecule has 4 aliphatic carbocycles. The number of carbonyl (C=O) groups excluding carboxylic acids is 1. The van der Waals surface area contributed by atoms with Crippen molar-refractivity contribution in [1.82, 2.24) is 4.90 Å². The van der Waals surface area contributed by atoms with Crippen molar-refractivity contribution in [3.8, 4) is 0 Å². The summed E-state index contributed by atoms with van der Waals surface area (Å²) in [6, 6.07) is 9.99. The molecule has 3 saturated carbocycles. The van der Waals surface area contributed by atoms with Crippen LogP contribution >= 0.6 is 12.4 Å². The molecular formula is C23H33ClN2O. The van der Waals surface area contributed by atoms with Crippen LogP contribution in [-0.4, -0.2) is 22.9 Å². The van der Waals surface area contributed by atoms with E-state index in [0.29, 0.717) is 35.9 Å². The summed E-state index contributed by atoms with van der Waals surface area (Å²) in [6.45, 7) is 0. The Balaban J connectivity index is 0.00000180. The van der Waals surface area contributed by atoms with Crippen LogP contribution in [0.5, 0.6) is 0 Å². The minimum atomic E-state index is 0. The third-order valence-corrected chi connectivity index (χ3v) is 7.63. The van der Waals surface area contributed by atoms with Crippen LogP contribution in [0.3, 0.4) is 0 Å². The summed E-state index contributed by atoms with van der Waals surface area (Å²) in [7, 11) is 0. The van der Waals surface area contributed by atoms with E-state index >= 15 is 0 Å². The zero-order valence-electron chi connectivity index (χ0n) is 16.2. The second kappa shape index (κ2) is 7.75. The topological polar surface area (TPSA) is 46.3 Å². The Kier molecular flexibility index (Phi) is 5.53. The number of halogens is 1. The molecule has 3 atom stereocenters. The van der Waals surface area contributed by atoms with Gasteiger partial charge in [0.25, 0.3) is 0 Å². The summed E-state index contributed by atoms with van der Waals surface area (Å²) in [4.78, 5) is 16.1. The van der Waals surface area contributed by atoms with Crippen LogP contribution in [0, 0.1) is 17.8 Å². The maximum atomic E-state index is 13.7. The first kappa shape index (κ1) is 19.3. The van der Waals surface area contributed by atoms with Crippen LogP contribution < -0.4 is 5.73 Å². The molecule has 0 saturated heterocycles. The lowest BCUT2D eigenvalue weighted by atomic mass is 9.64. The van der Waals surface area contributed by atoms with E-state index in [2.05, 4.69) is 29.2 Å². The molecule has 0 aliphatic heterocycles. The number of carbonyl (C=O) groups is 1. The fraction of sp³-hybridized carbons (Fsp3) is 0.696. The summed E-state index contributed by atoms with van der Waals surface area (Å²) in [5.41, 5.74) is 9.36. The smallest absolute Gasteiger partial charge is 0.226 e. The summed E-state index contributed by atoms with van der Waals surface area (Å²) >= 11 is 0. The number of rotatable bonds is 3. The molecule has 0 spiro atoms. The largest absolute Gasteiger partial charge is 0.332 e. The van der Waals surface area contributed by atoms with Gasteiger partial charge in [0.05, 0.1) is 6.04 Å². The number of aryl methyl sites for hydroxylation is 1. The van der Waals surface area contributed by atoms with Crippen molar-refractivity contribution in [2.75, 3.05) is 0 Å². The molecule has 3 unspecified atom stereocenters. The van der Waals surface area contributed by atoms with Crippen molar-refractivity contribution >= 4 is 18.3 Å². The minimum Gasteiger partial charge on any atom is -0.332 e. The third-order valence-electron chi connectivity index (χ3n) is 7.63. The zero-order valence-corrected chi connectivity index (χ0v) is 17.0. The molecule has 0 radical (unpaired) electrons. The van der Waals surface area contributed by atoms with Crippen molar-refractivity contribution in [3.63, 3.8) is 0 Å². The van der Waals surface area contributed by atoms with E-state index in [9.17, 15) is 4.79 Å². The second-order valence-electron chi connectivity index (χ2n) is 9.28. The van der Waals surface area contributed by atoms with Crippen LogP contribution in [-0.2, 0) is 11.2 Å². The number of fused-ring (bicyclic) bond motifs is 3. The van der Waals surface area contributed by atoms with Crippen LogP contribution in [0.15, 0.2) is 24.3 Å². The maximum Gasteiger partial charge on any atom is 0.226 e. The highest BCUT2D eigenvalue weighted by Crippen LogP contribution is 2.46. The Hall–Kier alpha value is -1.06. The van der Waals surface area contributed by atoms with Gasteiger partial charge in [0, 0.05) is 18.0 Å². The Bertz CT molecular complexity index is 675. The Labute approximate surface area is 169 Å². The summed E-state index contributed by atoms with van der Waals surface area (Å²) in [6.07, 6.45) is 11.8. The van der Waals surface area contributed by atoms with E-state index in [1.165, 1.54) is 56.1 Å². The maximum absolute atomic E-state index is 13.7. The molecule has 1 amide bonds. The number of nitrogens with zero attached hydrogens (tertiary/aromatic N) is 1. The first-order chi connectivity index (χ1) is 12.7. The Morgan fingerprint density at radius 3 is 2.37 bits per heavy atom. The van der Waals surface area contributed by atoms with E-state index in [1.807, 2.05) is 0 Å². The highest BCUT2D eigenvalue weighted by Gasteiger charge is 2.46. The van der Waals surface area contributed by atoms with Crippen molar-refractivity contribution in [3.05, 3.63) is 35.4 Å². The lowest BCUT2D eigenvalue weighted by molar-refractivity contribution is -0.142. The van der Waals surface area contributed by atoms with Crippen molar-refractivity contribution in [2.24, 2.45) is 23.5 Å². The van der Waals surface area contributed by atoms with Gasteiger partial charge in [-0.3, -0.25) is 4.79 Å². The monoisotopic (exact) mass is 388 g/mol. The molecule has 148 valence electrons. The number of benzene rings is 1. The molecule has 5 rings (SSSR count). The fourth-order valence-corrected chi connectivity index (χ4v) is 6.16. The van der Waals surface area contributed by atoms with E-state index in [-0.39, 0.29) is 18.3 Å². The lowest BCUT2D eigenvalue weighted by Crippen LogP contribution is -2.50. The van der Waals surface area contributed by atoms with Crippen molar-refractivity contribution < 1.29 is 4.79 Å². The van der Waals surface area contributed by atoms with E-state index < -0.39 is 0 Å². The standard InChI is InChI=1S/C23H32N2O.ClH/c24-22-16-7-3-8-17(22)14-18(13-16)23(26)25(19-11-12-19)21-10-4-6-15-5-1-2-9-20(15)21;/h1-2,5,9,16-19,21-22H,3-4,6-8,10-14,24H2;1H. The molecule has 0 heterocycles. The highest BCUT2D eigenvalue weighted by molar-refractivity contribution is 5.85. The average molecular weight is 389 g/mol. The van der Waals surface area contributed by atoms with Crippen LogP contribution in [0.2, 0.25) is 0 Å². The first-order valence-corrected chi connectivity index (χ1v) is 10.9. The molecule has 4 heteroatoms. The van der Waals surface area contributed by atoms with Crippen molar-refractivity contribution in [2.45, 2.75) is 82.3 Å². The predicted octanol–water partition coefficient (Wildman–Crippen LogP) is 4.63. The Morgan fingerprint density at radius 1 is 0.963 bits per heavy atom. The Morgan fingerprint density at radius 2 is 1.67 bits per heavy atom. The molecule has 1 aromatic rings. The second-order valence-corrected chi connectivity index (χ2v) is 9.28. The highest BCUT2D eigenvalue weighted by atomic mass is 35.5. The molecule has 0 aromatic heterocycles.